The average Bonchev–Trinajstić information content (AvgIpc) is 2.55. The van der Waals surface area contributed by atoms with E-state index in [0.717, 1.165) is 28.9 Å². The van der Waals surface area contributed by atoms with Gasteiger partial charge in [0.25, 0.3) is 0 Å². The highest BCUT2D eigenvalue weighted by molar-refractivity contribution is 5.83. The van der Waals surface area contributed by atoms with E-state index in [0.29, 0.717) is 16.5 Å². The molecule has 3 heteroatoms. The maximum absolute atomic E-state index is 12.8. The van der Waals surface area contributed by atoms with Crippen LogP contribution in [0.3, 0.4) is 0 Å². The van der Waals surface area contributed by atoms with Crippen LogP contribution in [0, 0.1) is 6.92 Å². The van der Waals surface area contributed by atoms with Crippen LogP contribution in [0.15, 0.2) is 51.9 Å². The van der Waals surface area contributed by atoms with Crippen LogP contribution in [0.4, 0.5) is 0 Å². The summed E-state index contributed by atoms with van der Waals surface area (Å²) in [5.41, 5.74) is 4.16. The van der Waals surface area contributed by atoms with Crippen molar-refractivity contribution in [3.8, 4) is 16.9 Å². The number of fused-ring (bicyclic) bond motifs is 1. The molecule has 0 aliphatic rings. The monoisotopic (exact) mass is 294 g/mol. The molecule has 1 aromatic heterocycles. The van der Waals surface area contributed by atoms with Crippen molar-refractivity contribution in [2.24, 2.45) is 0 Å². The van der Waals surface area contributed by atoms with E-state index in [1.807, 2.05) is 44.2 Å². The Morgan fingerprint density at radius 3 is 2.50 bits per heavy atom. The maximum Gasteiger partial charge on any atom is 0.200 e. The molecule has 0 unspecified atom stereocenters. The summed E-state index contributed by atoms with van der Waals surface area (Å²) in [7, 11) is 1.62. The SMILES string of the molecule is CCc1cc2c(=O)c(-c3ccc(C)cc3)coc2cc1OC. The molecular weight excluding hydrogens is 276 g/mol. The molecule has 0 atom stereocenters. The van der Waals surface area contributed by atoms with Crippen LogP contribution in [0.25, 0.3) is 22.1 Å². The molecule has 0 fully saturated rings. The molecule has 0 saturated carbocycles. The summed E-state index contributed by atoms with van der Waals surface area (Å²) in [6, 6.07) is 11.5. The summed E-state index contributed by atoms with van der Waals surface area (Å²) in [6.45, 7) is 4.06. The molecule has 0 bridgehead atoms. The van der Waals surface area contributed by atoms with Crippen molar-refractivity contribution < 1.29 is 9.15 Å². The van der Waals surface area contributed by atoms with Crippen molar-refractivity contribution in [2.45, 2.75) is 20.3 Å². The second-order valence-corrected chi connectivity index (χ2v) is 5.36. The Balaban J connectivity index is 2.25. The van der Waals surface area contributed by atoms with Gasteiger partial charge in [-0.3, -0.25) is 4.79 Å². The van der Waals surface area contributed by atoms with Crippen molar-refractivity contribution in [2.75, 3.05) is 7.11 Å². The molecule has 3 aromatic rings. The molecule has 112 valence electrons. The molecular formula is C19H18O3. The highest BCUT2D eigenvalue weighted by atomic mass is 16.5. The van der Waals surface area contributed by atoms with Crippen molar-refractivity contribution in [1.29, 1.82) is 0 Å². The van der Waals surface area contributed by atoms with E-state index in [1.165, 1.54) is 6.26 Å². The van der Waals surface area contributed by atoms with Crippen LogP contribution in [0.2, 0.25) is 0 Å². The lowest BCUT2D eigenvalue weighted by atomic mass is 10.0. The highest BCUT2D eigenvalue weighted by Crippen LogP contribution is 2.27. The first kappa shape index (κ1) is 14.4. The quantitative estimate of drug-likeness (QED) is 0.721. The van der Waals surface area contributed by atoms with Gasteiger partial charge >= 0.3 is 0 Å². The van der Waals surface area contributed by atoms with Gasteiger partial charge in [-0.2, -0.15) is 0 Å². The Morgan fingerprint density at radius 1 is 1.14 bits per heavy atom. The van der Waals surface area contributed by atoms with E-state index in [2.05, 4.69) is 0 Å². The summed E-state index contributed by atoms with van der Waals surface area (Å²) >= 11 is 0. The second-order valence-electron chi connectivity index (χ2n) is 5.36. The highest BCUT2D eigenvalue weighted by Gasteiger charge is 2.12. The van der Waals surface area contributed by atoms with E-state index in [1.54, 1.807) is 13.2 Å². The number of aryl methyl sites for hydroxylation is 2. The minimum absolute atomic E-state index is 0.0116. The van der Waals surface area contributed by atoms with Crippen LogP contribution in [-0.4, -0.2) is 7.11 Å². The second kappa shape index (κ2) is 5.68. The minimum Gasteiger partial charge on any atom is -0.496 e. The molecule has 0 aliphatic heterocycles. The van der Waals surface area contributed by atoms with E-state index in [-0.39, 0.29) is 5.43 Å². The van der Waals surface area contributed by atoms with Gasteiger partial charge in [-0.05, 0) is 30.5 Å². The number of benzene rings is 2. The van der Waals surface area contributed by atoms with E-state index in [9.17, 15) is 4.79 Å². The third-order valence-corrected chi connectivity index (χ3v) is 3.92. The standard InChI is InChI=1S/C19H18O3/c1-4-13-9-15-18(10-17(13)21-3)22-11-16(19(15)20)14-7-5-12(2)6-8-14/h5-11H,4H2,1-3H3. The van der Waals surface area contributed by atoms with E-state index in [4.69, 9.17) is 9.15 Å². The average molecular weight is 294 g/mol. The van der Waals surface area contributed by atoms with Crippen molar-refractivity contribution in [3.05, 3.63) is 64.0 Å². The van der Waals surface area contributed by atoms with Crippen LogP contribution in [-0.2, 0) is 6.42 Å². The summed E-state index contributed by atoms with van der Waals surface area (Å²) in [5.74, 6) is 0.751. The van der Waals surface area contributed by atoms with Gasteiger partial charge in [-0.1, -0.05) is 36.8 Å². The Morgan fingerprint density at radius 2 is 1.86 bits per heavy atom. The molecule has 0 amide bonds. The Labute approximate surface area is 129 Å². The first-order valence-corrected chi connectivity index (χ1v) is 7.33. The smallest absolute Gasteiger partial charge is 0.200 e. The van der Waals surface area contributed by atoms with Crippen molar-refractivity contribution in [3.63, 3.8) is 0 Å². The predicted molar refractivity (Wildman–Crippen MR) is 88.6 cm³/mol. The molecule has 3 nitrogen and oxygen atoms in total. The van der Waals surface area contributed by atoms with Crippen LogP contribution >= 0.6 is 0 Å². The molecule has 0 spiro atoms. The number of methoxy groups -OCH3 is 1. The zero-order chi connectivity index (χ0) is 15.7. The van der Waals surface area contributed by atoms with E-state index >= 15 is 0 Å². The van der Waals surface area contributed by atoms with E-state index < -0.39 is 0 Å². The Kier molecular flexibility index (Phi) is 3.72. The van der Waals surface area contributed by atoms with Gasteiger partial charge in [-0.15, -0.1) is 0 Å². The number of hydrogen-bond acceptors (Lipinski definition) is 3. The zero-order valence-electron chi connectivity index (χ0n) is 13.0. The minimum atomic E-state index is -0.0116. The topological polar surface area (TPSA) is 39.4 Å². The lowest BCUT2D eigenvalue weighted by molar-refractivity contribution is 0.409. The van der Waals surface area contributed by atoms with Crippen LogP contribution in [0.1, 0.15) is 18.1 Å². The van der Waals surface area contributed by atoms with Gasteiger partial charge in [0.1, 0.15) is 17.6 Å². The summed E-state index contributed by atoms with van der Waals surface area (Å²) in [5, 5.41) is 0.593. The van der Waals surface area contributed by atoms with Gasteiger partial charge in [-0.25, -0.2) is 0 Å². The maximum atomic E-state index is 12.8. The summed E-state index contributed by atoms with van der Waals surface area (Å²) in [6.07, 6.45) is 2.33. The van der Waals surface area contributed by atoms with Gasteiger partial charge in [0, 0.05) is 6.07 Å². The van der Waals surface area contributed by atoms with Crippen molar-refractivity contribution >= 4 is 11.0 Å². The number of hydrogen-bond donors (Lipinski definition) is 0. The van der Waals surface area contributed by atoms with Gasteiger partial charge in [0.05, 0.1) is 18.1 Å². The number of ether oxygens (including phenoxy) is 1. The first-order valence-electron chi connectivity index (χ1n) is 7.33. The number of rotatable bonds is 3. The van der Waals surface area contributed by atoms with Gasteiger partial charge in [0.15, 0.2) is 0 Å². The van der Waals surface area contributed by atoms with Gasteiger partial charge in [0.2, 0.25) is 5.43 Å². The molecule has 1 heterocycles. The van der Waals surface area contributed by atoms with Gasteiger partial charge < -0.3 is 9.15 Å². The summed E-state index contributed by atoms with van der Waals surface area (Å²) in [4.78, 5) is 12.8. The lowest BCUT2D eigenvalue weighted by Crippen LogP contribution is -2.06. The predicted octanol–water partition coefficient (Wildman–Crippen LogP) is 4.34. The molecule has 3 rings (SSSR count). The van der Waals surface area contributed by atoms with Crippen LogP contribution in [0.5, 0.6) is 5.75 Å². The lowest BCUT2D eigenvalue weighted by Gasteiger charge is -2.09. The molecule has 0 radical (unpaired) electrons. The molecule has 0 aliphatic carbocycles. The largest absolute Gasteiger partial charge is 0.496 e. The van der Waals surface area contributed by atoms with Crippen molar-refractivity contribution in [1.82, 2.24) is 0 Å². The fourth-order valence-corrected chi connectivity index (χ4v) is 2.60. The third kappa shape index (κ3) is 2.39. The fourth-order valence-electron chi connectivity index (χ4n) is 2.60. The fraction of sp³-hybridized carbons (Fsp3) is 0.211. The normalized spacial score (nSPS) is 10.9. The molecule has 0 N–H and O–H groups in total. The third-order valence-electron chi connectivity index (χ3n) is 3.92. The molecule has 2 aromatic carbocycles. The first-order chi connectivity index (χ1) is 10.6. The Hall–Kier alpha value is -2.55. The van der Waals surface area contributed by atoms with Crippen LogP contribution < -0.4 is 10.2 Å². The zero-order valence-corrected chi connectivity index (χ0v) is 13.0. The molecule has 0 saturated heterocycles. The summed E-state index contributed by atoms with van der Waals surface area (Å²) < 4.78 is 11.0. The Bertz CT molecular complexity index is 874. The molecule has 22 heavy (non-hydrogen) atoms.